The number of halogens is 3. The minimum Gasteiger partial charge on any atom is -0.310 e. The summed E-state index contributed by atoms with van der Waals surface area (Å²) in [5.74, 6) is 0.670. The van der Waals surface area contributed by atoms with Crippen LogP contribution in [0.15, 0.2) is 0 Å². The summed E-state index contributed by atoms with van der Waals surface area (Å²) >= 11 is 0. The van der Waals surface area contributed by atoms with Gasteiger partial charge < -0.3 is 5.32 Å². The largest absolute Gasteiger partial charge is 0.522 e. The summed E-state index contributed by atoms with van der Waals surface area (Å²) in [7, 11) is 0. The van der Waals surface area contributed by atoms with Gasteiger partial charge in [-0.1, -0.05) is 0 Å². The summed E-state index contributed by atoms with van der Waals surface area (Å²) in [6.07, 6.45) is -1.10. The predicted molar refractivity (Wildman–Crippen MR) is 66.8 cm³/mol. The topological polar surface area (TPSA) is 24.5 Å². The van der Waals surface area contributed by atoms with Crippen LogP contribution in [-0.2, 0) is 4.74 Å². The molecule has 0 aromatic rings. The van der Waals surface area contributed by atoms with Crippen LogP contribution in [-0.4, -0.2) is 49.1 Å². The van der Waals surface area contributed by atoms with Crippen LogP contribution in [0.3, 0.4) is 0 Å². The first-order valence-electron chi connectivity index (χ1n) is 7.00. The summed E-state index contributed by atoms with van der Waals surface area (Å²) in [4.78, 5) is 2.13. The molecule has 1 saturated carbocycles. The molecular formula is C13H23F3N2O. The molecule has 2 fully saturated rings. The zero-order valence-corrected chi connectivity index (χ0v) is 11.6. The molecule has 2 unspecified atom stereocenters. The Morgan fingerprint density at radius 3 is 2.58 bits per heavy atom. The molecule has 1 heterocycles. The quantitative estimate of drug-likeness (QED) is 0.855. The maximum absolute atomic E-state index is 12.0. The van der Waals surface area contributed by atoms with E-state index in [4.69, 9.17) is 0 Å². The van der Waals surface area contributed by atoms with Gasteiger partial charge in [-0.25, -0.2) is 0 Å². The van der Waals surface area contributed by atoms with Gasteiger partial charge in [-0.2, -0.15) is 0 Å². The number of nitrogens with zero attached hydrogens (tertiary/aromatic N) is 1. The van der Waals surface area contributed by atoms with Gasteiger partial charge in [0.1, 0.15) is 0 Å². The number of ether oxygens (including phenoxy) is 1. The van der Waals surface area contributed by atoms with Crippen LogP contribution in [0.1, 0.15) is 33.1 Å². The molecular weight excluding hydrogens is 257 g/mol. The second kappa shape index (κ2) is 5.58. The highest BCUT2D eigenvalue weighted by molar-refractivity contribution is 5.01. The molecule has 2 rings (SSSR count). The van der Waals surface area contributed by atoms with Gasteiger partial charge >= 0.3 is 6.36 Å². The van der Waals surface area contributed by atoms with Gasteiger partial charge in [-0.15, -0.1) is 13.2 Å². The monoisotopic (exact) mass is 280 g/mol. The SMILES string of the molecule is CC1CCNC(C)(C2CC2)CN1CCOC(F)(F)F. The molecule has 1 N–H and O–H groups in total. The molecule has 0 aromatic heterocycles. The van der Waals surface area contributed by atoms with E-state index in [1.54, 1.807) is 0 Å². The van der Waals surface area contributed by atoms with E-state index in [2.05, 4.69) is 28.8 Å². The third-order valence-electron chi connectivity index (χ3n) is 4.37. The van der Waals surface area contributed by atoms with Gasteiger partial charge in [-0.3, -0.25) is 9.64 Å². The maximum Gasteiger partial charge on any atom is 0.522 e. The molecule has 19 heavy (non-hydrogen) atoms. The van der Waals surface area contributed by atoms with Crippen LogP contribution >= 0.6 is 0 Å². The summed E-state index contributed by atoms with van der Waals surface area (Å²) in [5.41, 5.74) is 0.0446. The van der Waals surface area contributed by atoms with Crippen molar-refractivity contribution in [3.63, 3.8) is 0 Å². The van der Waals surface area contributed by atoms with Crippen molar-refractivity contribution in [2.24, 2.45) is 5.92 Å². The van der Waals surface area contributed by atoms with Gasteiger partial charge in [0, 0.05) is 24.7 Å². The Hall–Kier alpha value is -0.330. The van der Waals surface area contributed by atoms with Crippen LogP contribution < -0.4 is 5.32 Å². The van der Waals surface area contributed by atoms with Crippen molar-refractivity contribution in [3.8, 4) is 0 Å². The molecule has 1 aliphatic carbocycles. The Balaban J connectivity index is 1.88. The standard InChI is InChI=1S/C13H23F3N2O/c1-10-5-6-17-12(2,11-3-4-11)9-18(10)7-8-19-13(14,15)16/h10-11,17H,3-9H2,1-2H3. The Kier molecular flexibility index (Phi) is 4.42. The zero-order chi connectivity index (χ0) is 14.1. The highest BCUT2D eigenvalue weighted by Crippen LogP contribution is 2.41. The van der Waals surface area contributed by atoms with Gasteiger partial charge in [0.25, 0.3) is 0 Å². The smallest absolute Gasteiger partial charge is 0.310 e. The van der Waals surface area contributed by atoms with Crippen LogP contribution in [0.2, 0.25) is 0 Å². The molecule has 0 bridgehead atoms. The molecule has 2 aliphatic rings. The number of rotatable bonds is 4. The van der Waals surface area contributed by atoms with Crippen molar-refractivity contribution in [2.45, 2.75) is 51.1 Å². The first kappa shape index (κ1) is 15.1. The number of nitrogens with one attached hydrogen (secondary N) is 1. The molecule has 112 valence electrons. The van der Waals surface area contributed by atoms with Gasteiger partial charge in [-0.05, 0) is 45.6 Å². The molecule has 0 radical (unpaired) electrons. The first-order valence-corrected chi connectivity index (χ1v) is 7.00. The Bertz CT molecular complexity index is 307. The Morgan fingerprint density at radius 2 is 2.00 bits per heavy atom. The fraction of sp³-hybridized carbons (Fsp3) is 1.00. The van der Waals surface area contributed by atoms with E-state index in [1.807, 2.05) is 0 Å². The second-order valence-corrected chi connectivity index (χ2v) is 6.02. The van der Waals surface area contributed by atoms with E-state index < -0.39 is 6.36 Å². The van der Waals surface area contributed by atoms with Crippen molar-refractivity contribution >= 4 is 0 Å². The summed E-state index contributed by atoms with van der Waals surface area (Å²) in [6, 6.07) is 0.296. The lowest BCUT2D eigenvalue weighted by molar-refractivity contribution is -0.325. The van der Waals surface area contributed by atoms with Crippen LogP contribution in [0.4, 0.5) is 13.2 Å². The minimum absolute atomic E-state index is 0.0446. The van der Waals surface area contributed by atoms with E-state index >= 15 is 0 Å². The maximum atomic E-state index is 12.0. The second-order valence-electron chi connectivity index (χ2n) is 6.02. The molecule has 1 aliphatic heterocycles. The minimum atomic E-state index is -4.52. The zero-order valence-electron chi connectivity index (χ0n) is 11.6. The van der Waals surface area contributed by atoms with Crippen molar-refractivity contribution < 1.29 is 17.9 Å². The lowest BCUT2D eigenvalue weighted by Crippen LogP contribution is -2.52. The van der Waals surface area contributed by atoms with E-state index in [-0.39, 0.29) is 12.1 Å². The van der Waals surface area contributed by atoms with Crippen molar-refractivity contribution in [1.82, 2.24) is 10.2 Å². The fourth-order valence-corrected chi connectivity index (χ4v) is 2.95. The highest BCUT2D eigenvalue weighted by Gasteiger charge is 2.44. The third kappa shape index (κ3) is 4.33. The average Bonchev–Trinajstić information content (AvgIpc) is 3.08. The van der Waals surface area contributed by atoms with Gasteiger partial charge in [0.2, 0.25) is 0 Å². The van der Waals surface area contributed by atoms with Crippen molar-refractivity contribution in [2.75, 3.05) is 26.2 Å². The summed E-state index contributed by atoms with van der Waals surface area (Å²) < 4.78 is 40.0. The average molecular weight is 280 g/mol. The Morgan fingerprint density at radius 1 is 1.32 bits per heavy atom. The molecule has 0 aromatic carbocycles. The van der Waals surface area contributed by atoms with Crippen LogP contribution in [0, 0.1) is 5.92 Å². The first-order chi connectivity index (χ1) is 8.80. The predicted octanol–water partition coefficient (Wildman–Crippen LogP) is 2.38. The molecule has 0 spiro atoms. The van der Waals surface area contributed by atoms with E-state index in [9.17, 15) is 13.2 Å². The molecule has 6 heteroatoms. The summed E-state index contributed by atoms with van der Waals surface area (Å²) in [5, 5.41) is 3.58. The van der Waals surface area contributed by atoms with E-state index in [1.165, 1.54) is 12.8 Å². The number of alkyl halides is 3. The number of hydrogen-bond acceptors (Lipinski definition) is 3. The van der Waals surface area contributed by atoms with Crippen molar-refractivity contribution in [3.05, 3.63) is 0 Å². The summed E-state index contributed by atoms with van der Waals surface area (Å²) in [6.45, 7) is 6.07. The number of hydrogen-bond donors (Lipinski definition) is 1. The van der Waals surface area contributed by atoms with Crippen LogP contribution in [0.5, 0.6) is 0 Å². The molecule has 2 atom stereocenters. The Labute approximate surface area is 112 Å². The lowest BCUT2D eigenvalue weighted by atomic mass is 9.95. The van der Waals surface area contributed by atoms with Crippen LogP contribution in [0.25, 0.3) is 0 Å². The van der Waals surface area contributed by atoms with E-state index in [0.717, 1.165) is 19.5 Å². The third-order valence-corrected chi connectivity index (χ3v) is 4.37. The van der Waals surface area contributed by atoms with Crippen molar-refractivity contribution in [1.29, 1.82) is 0 Å². The molecule has 0 amide bonds. The normalized spacial score (nSPS) is 34.3. The highest BCUT2D eigenvalue weighted by atomic mass is 19.4. The van der Waals surface area contributed by atoms with Gasteiger partial charge in [0.15, 0.2) is 0 Å². The van der Waals surface area contributed by atoms with Gasteiger partial charge in [0.05, 0.1) is 6.61 Å². The van der Waals surface area contributed by atoms with E-state index in [0.29, 0.717) is 18.5 Å². The molecule has 1 saturated heterocycles. The fourth-order valence-electron chi connectivity index (χ4n) is 2.95. The molecule has 3 nitrogen and oxygen atoms in total. The lowest BCUT2D eigenvalue weighted by Gasteiger charge is -2.35.